The molecule has 1 atom stereocenters. The fourth-order valence-electron chi connectivity index (χ4n) is 0.891. The van der Waals surface area contributed by atoms with E-state index < -0.39 is 0 Å². The predicted octanol–water partition coefficient (Wildman–Crippen LogP) is 1.31. The number of hydrogen-bond acceptors (Lipinski definition) is 2. The van der Waals surface area contributed by atoms with Crippen LogP contribution in [0.5, 0.6) is 0 Å². The molecule has 0 saturated carbocycles. The predicted molar refractivity (Wildman–Crippen MR) is 48.6 cm³/mol. The first kappa shape index (κ1) is 10.7. The second-order valence-corrected chi connectivity index (χ2v) is 2.80. The average molecular weight is 157 g/mol. The zero-order chi connectivity index (χ0) is 8.53. The third-order valence-corrected chi connectivity index (χ3v) is 1.64. The molecule has 0 aliphatic rings. The van der Waals surface area contributed by atoms with Gasteiger partial charge in [-0.1, -0.05) is 6.08 Å². The van der Waals surface area contributed by atoms with Crippen LogP contribution < -0.4 is 5.32 Å². The molecule has 0 aliphatic heterocycles. The van der Waals surface area contributed by atoms with Gasteiger partial charge < -0.3 is 10.4 Å². The maximum atomic E-state index is 8.58. The van der Waals surface area contributed by atoms with Gasteiger partial charge in [0.25, 0.3) is 0 Å². The van der Waals surface area contributed by atoms with Gasteiger partial charge in [0.15, 0.2) is 0 Å². The minimum Gasteiger partial charge on any atom is -0.396 e. The van der Waals surface area contributed by atoms with Crippen molar-refractivity contribution in [3.05, 3.63) is 12.7 Å². The van der Waals surface area contributed by atoms with E-state index in [1.54, 1.807) is 0 Å². The van der Waals surface area contributed by atoms with Crippen LogP contribution >= 0.6 is 0 Å². The molecule has 2 nitrogen and oxygen atoms in total. The highest BCUT2D eigenvalue weighted by Gasteiger charge is 1.97. The van der Waals surface area contributed by atoms with Gasteiger partial charge in [-0.05, 0) is 32.7 Å². The molecule has 2 N–H and O–H groups in total. The summed E-state index contributed by atoms with van der Waals surface area (Å²) in [5.74, 6) is 0. The van der Waals surface area contributed by atoms with Crippen LogP contribution in [0.15, 0.2) is 12.7 Å². The van der Waals surface area contributed by atoms with E-state index in [1.807, 2.05) is 6.08 Å². The number of aliphatic hydroxyl groups excluding tert-OH is 1. The molecule has 11 heavy (non-hydrogen) atoms. The Bertz CT molecular complexity index is 93.6. The molecule has 0 amide bonds. The lowest BCUT2D eigenvalue weighted by atomic mass is 10.2. The summed E-state index contributed by atoms with van der Waals surface area (Å²) in [4.78, 5) is 0. The molecule has 0 spiro atoms. The van der Waals surface area contributed by atoms with Gasteiger partial charge in [0.2, 0.25) is 0 Å². The molecular weight excluding hydrogens is 138 g/mol. The zero-order valence-electron chi connectivity index (χ0n) is 7.34. The minimum atomic E-state index is 0.273. The smallest absolute Gasteiger partial charge is 0.0445 e. The summed E-state index contributed by atoms with van der Waals surface area (Å²) in [6.07, 6.45) is 4.98. The molecule has 0 fully saturated rings. The van der Waals surface area contributed by atoms with Crippen molar-refractivity contribution in [2.24, 2.45) is 0 Å². The van der Waals surface area contributed by atoms with Gasteiger partial charge in [-0.15, -0.1) is 6.58 Å². The van der Waals surface area contributed by atoms with Crippen molar-refractivity contribution in [1.82, 2.24) is 5.32 Å². The number of hydrogen-bond donors (Lipinski definition) is 2. The Labute approximate surface area is 69.3 Å². The lowest BCUT2D eigenvalue weighted by molar-refractivity contribution is 0.269. The van der Waals surface area contributed by atoms with Crippen LogP contribution in [0.2, 0.25) is 0 Å². The Morgan fingerprint density at radius 1 is 1.64 bits per heavy atom. The largest absolute Gasteiger partial charge is 0.396 e. The van der Waals surface area contributed by atoms with E-state index in [2.05, 4.69) is 18.8 Å². The minimum absolute atomic E-state index is 0.273. The Kier molecular flexibility index (Phi) is 7.52. The van der Waals surface area contributed by atoms with Crippen LogP contribution in [-0.2, 0) is 0 Å². The quantitative estimate of drug-likeness (QED) is 0.431. The van der Waals surface area contributed by atoms with Crippen LogP contribution in [0.3, 0.4) is 0 Å². The molecule has 0 aromatic heterocycles. The van der Waals surface area contributed by atoms with Crippen molar-refractivity contribution in [1.29, 1.82) is 0 Å². The van der Waals surface area contributed by atoms with E-state index in [9.17, 15) is 0 Å². The molecule has 0 radical (unpaired) electrons. The lowest BCUT2D eigenvalue weighted by Gasteiger charge is -2.10. The van der Waals surface area contributed by atoms with Gasteiger partial charge in [0.1, 0.15) is 0 Å². The number of allylic oxidation sites excluding steroid dienone is 1. The van der Waals surface area contributed by atoms with E-state index in [4.69, 9.17) is 5.11 Å². The molecule has 2 heteroatoms. The van der Waals surface area contributed by atoms with Crippen LogP contribution in [0.4, 0.5) is 0 Å². The molecular formula is C9H19NO. The molecule has 0 aliphatic carbocycles. The summed E-state index contributed by atoms with van der Waals surface area (Å²) in [5, 5.41) is 11.9. The lowest BCUT2D eigenvalue weighted by Crippen LogP contribution is -2.27. The van der Waals surface area contributed by atoms with Crippen LogP contribution in [-0.4, -0.2) is 24.3 Å². The Morgan fingerprint density at radius 3 is 2.91 bits per heavy atom. The first-order chi connectivity index (χ1) is 5.31. The Balaban J connectivity index is 3.03. The Hall–Kier alpha value is -0.340. The summed E-state index contributed by atoms with van der Waals surface area (Å²) in [5.41, 5.74) is 0. The number of unbranched alkanes of at least 4 members (excludes halogenated alkanes) is 1. The molecule has 0 aromatic carbocycles. The molecule has 0 aromatic rings. The topological polar surface area (TPSA) is 32.3 Å². The number of nitrogens with one attached hydrogen (secondary N) is 1. The van der Waals surface area contributed by atoms with Gasteiger partial charge >= 0.3 is 0 Å². The molecule has 0 bridgehead atoms. The highest BCUT2D eigenvalue weighted by molar-refractivity contribution is 4.67. The zero-order valence-corrected chi connectivity index (χ0v) is 7.34. The van der Waals surface area contributed by atoms with Crippen LogP contribution in [0, 0.1) is 0 Å². The Morgan fingerprint density at radius 2 is 2.36 bits per heavy atom. The third-order valence-electron chi connectivity index (χ3n) is 1.64. The highest BCUT2D eigenvalue weighted by Crippen LogP contribution is 1.91. The number of aliphatic hydroxyl groups is 1. The third kappa shape index (κ3) is 7.56. The van der Waals surface area contributed by atoms with Crippen molar-refractivity contribution >= 4 is 0 Å². The van der Waals surface area contributed by atoms with E-state index in [0.717, 1.165) is 25.8 Å². The second-order valence-electron chi connectivity index (χ2n) is 2.80. The maximum Gasteiger partial charge on any atom is 0.0445 e. The van der Waals surface area contributed by atoms with Gasteiger partial charge in [0, 0.05) is 12.6 Å². The summed E-state index contributed by atoms with van der Waals surface area (Å²) in [7, 11) is 0. The van der Waals surface area contributed by atoms with E-state index in [0.29, 0.717) is 6.04 Å². The van der Waals surface area contributed by atoms with Gasteiger partial charge in [-0.2, -0.15) is 0 Å². The fourth-order valence-corrected chi connectivity index (χ4v) is 0.891. The second kappa shape index (κ2) is 7.76. The van der Waals surface area contributed by atoms with Gasteiger partial charge in [-0.25, -0.2) is 0 Å². The van der Waals surface area contributed by atoms with E-state index in [1.165, 1.54) is 0 Å². The normalized spacial score (nSPS) is 12.9. The summed E-state index contributed by atoms with van der Waals surface area (Å²) in [6.45, 7) is 7.03. The van der Waals surface area contributed by atoms with Crippen LogP contribution in [0.25, 0.3) is 0 Å². The SMILES string of the molecule is C=CCCCNC(C)CCO. The monoisotopic (exact) mass is 157 g/mol. The molecule has 0 saturated heterocycles. The summed E-state index contributed by atoms with van der Waals surface area (Å²) < 4.78 is 0. The fraction of sp³-hybridized carbons (Fsp3) is 0.778. The molecule has 66 valence electrons. The maximum absolute atomic E-state index is 8.58. The average Bonchev–Trinajstić information content (AvgIpc) is 1.99. The van der Waals surface area contributed by atoms with Crippen molar-refractivity contribution in [2.75, 3.05) is 13.2 Å². The van der Waals surface area contributed by atoms with Crippen molar-refractivity contribution < 1.29 is 5.11 Å². The van der Waals surface area contributed by atoms with Gasteiger partial charge in [-0.3, -0.25) is 0 Å². The molecule has 0 heterocycles. The first-order valence-electron chi connectivity index (χ1n) is 4.26. The molecule has 1 unspecified atom stereocenters. The van der Waals surface area contributed by atoms with E-state index in [-0.39, 0.29) is 6.61 Å². The number of rotatable bonds is 7. The molecule has 0 rings (SSSR count). The van der Waals surface area contributed by atoms with Crippen LogP contribution in [0.1, 0.15) is 26.2 Å². The van der Waals surface area contributed by atoms with E-state index >= 15 is 0 Å². The van der Waals surface area contributed by atoms with Crippen molar-refractivity contribution in [3.8, 4) is 0 Å². The summed E-state index contributed by atoms with van der Waals surface area (Å²) in [6, 6.07) is 0.435. The van der Waals surface area contributed by atoms with Gasteiger partial charge in [0.05, 0.1) is 0 Å². The summed E-state index contributed by atoms with van der Waals surface area (Å²) >= 11 is 0. The standard InChI is InChI=1S/C9H19NO/c1-3-4-5-7-10-9(2)6-8-11/h3,9-11H,1,4-8H2,2H3. The van der Waals surface area contributed by atoms with Crippen molar-refractivity contribution in [2.45, 2.75) is 32.2 Å². The first-order valence-corrected chi connectivity index (χ1v) is 4.26. The highest BCUT2D eigenvalue weighted by atomic mass is 16.3. The van der Waals surface area contributed by atoms with Crippen molar-refractivity contribution in [3.63, 3.8) is 0 Å².